The fourth-order valence-electron chi connectivity index (χ4n) is 16.3. The summed E-state index contributed by atoms with van der Waals surface area (Å²) in [6.45, 7) is 3.52. The molecule has 0 aliphatic heterocycles. The molecule has 662 valence electrons. The molecule has 2 aromatic heterocycles. The molecule has 16 heteroatoms. The molecule has 19 aromatic rings. The van der Waals surface area contributed by atoms with Crippen molar-refractivity contribution in [2.24, 2.45) is 0 Å². The van der Waals surface area contributed by atoms with E-state index in [1.807, 2.05) is 413 Å². The maximum atomic E-state index is 15.8. The molecular formula is C118H96N2O14. The lowest BCUT2D eigenvalue weighted by molar-refractivity contribution is 0.276. The molecule has 0 N–H and O–H groups in total. The first-order valence-electron chi connectivity index (χ1n) is 44.8. The van der Waals surface area contributed by atoms with E-state index in [1.54, 1.807) is 0 Å². The van der Waals surface area contributed by atoms with Crippen LogP contribution in [0.5, 0.6) is 69.0 Å². The standard InChI is InChI=1S/C118H96N2O14/c121-117-109-45-25-27-47-113(109)119(69-91-49-97(131-79-93-53-101(123-71-83-29-9-1-10-30-83)63-102(54-93)124-72-84-31-11-2-12-32-84)61-98(50-91)132-80-94-55-103(125-73-85-33-13-3-14-34-85)64-104(56-94)126-74-86-35-15-4-16-36-86)115-67-112-116(68-111(115)117)120(114-48-28-26-46-110(114)118(112)122)70-92-51-99(133-81-95-57-105(127-75-87-37-17-5-18-38-87)65-106(58-95)128-76-88-39-19-6-20-40-88)62-100(52-92)134-82-96-59-107(129-77-89-41-21-7-22-42-89)66-108(60-96)130-78-90-43-23-8-24-44-90/h1-68H,69-82H2. The molecule has 19 rings (SSSR count). The van der Waals surface area contributed by atoms with Gasteiger partial charge in [-0.3, -0.25) is 9.59 Å². The van der Waals surface area contributed by atoms with Crippen LogP contribution in [-0.2, 0) is 92.4 Å². The van der Waals surface area contributed by atoms with E-state index in [4.69, 9.17) is 56.8 Å². The lowest BCUT2D eigenvalue weighted by Gasteiger charge is -2.20. The van der Waals surface area contributed by atoms with E-state index >= 15 is 9.59 Å². The number of benzene rings is 17. The number of rotatable bonds is 40. The summed E-state index contributed by atoms with van der Waals surface area (Å²) in [4.78, 5) is 31.5. The van der Waals surface area contributed by atoms with Crippen LogP contribution in [0.25, 0.3) is 43.6 Å². The van der Waals surface area contributed by atoms with Gasteiger partial charge in [0.15, 0.2) is 10.9 Å². The second kappa shape index (κ2) is 42.2. The van der Waals surface area contributed by atoms with Crippen molar-refractivity contribution in [3.8, 4) is 69.0 Å². The Morgan fingerprint density at radius 3 is 0.485 bits per heavy atom. The van der Waals surface area contributed by atoms with Gasteiger partial charge in [-0.15, -0.1) is 0 Å². The van der Waals surface area contributed by atoms with E-state index in [2.05, 4.69) is 9.13 Å². The Morgan fingerprint density at radius 1 is 0.142 bits per heavy atom. The topological polar surface area (TPSA) is 155 Å². The molecule has 0 spiro atoms. The lowest BCUT2D eigenvalue weighted by Crippen LogP contribution is -2.16. The third-order valence-corrected chi connectivity index (χ3v) is 23.0. The van der Waals surface area contributed by atoms with Crippen LogP contribution < -0.4 is 67.7 Å². The van der Waals surface area contributed by atoms with Gasteiger partial charge in [0.1, 0.15) is 148 Å². The van der Waals surface area contributed by atoms with Crippen LogP contribution in [0.3, 0.4) is 0 Å². The van der Waals surface area contributed by atoms with Gasteiger partial charge in [0.05, 0.1) is 22.1 Å². The SMILES string of the molecule is O=c1c2ccccc2n(Cc2cc(OCc3cc(OCc4ccccc4)cc(OCc4ccccc4)c3)cc(OCc3cc(OCc4ccccc4)cc(OCc4ccccc4)c3)c2)c2cc3c(=O)c4ccccc4n(Cc4cc(OCc5cc(OCc6ccccc6)cc(OCc6ccccc6)c5)cc(OCc5cc(OCc6ccccc6)cc(OCc6ccccc6)c5)c4)c3cc12. The number of aromatic nitrogens is 2. The molecule has 0 radical (unpaired) electrons. The van der Waals surface area contributed by atoms with Crippen molar-refractivity contribution in [2.45, 2.75) is 92.4 Å². The largest absolute Gasteiger partial charge is 0.489 e. The van der Waals surface area contributed by atoms with Crippen molar-refractivity contribution in [1.29, 1.82) is 0 Å². The van der Waals surface area contributed by atoms with E-state index < -0.39 is 0 Å². The van der Waals surface area contributed by atoms with Crippen LogP contribution in [0.1, 0.15) is 77.9 Å². The van der Waals surface area contributed by atoms with Gasteiger partial charge in [-0.1, -0.05) is 267 Å². The van der Waals surface area contributed by atoms with Gasteiger partial charge in [0.2, 0.25) is 0 Å². The third-order valence-electron chi connectivity index (χ3n) is 23.0. The van der Waals surface area contributed by atoms with E-state index in [0.717, 1.165) is 77.9 Å². The highest BCUT2D eigenvalue weighted by molar-refractivity contribution is 6.04. The number of hydrogen-bond acceptors (Lipinski definition) is 14. The molecule has 17 aromatic carbocycles. The zero-order valence-electron chi connectivity index (χ0n) is 73.8. The van der Waals surface area contributed by atoms with Crippen molar-refractivity contribution in [1.82, 2.24) is 9.13 Å². The Bertz CT molecular complexity index is 6360. The van der Waals surface area contributed by atoms with Gasteiger partial charge in [-0.2, -0.15) is 0 Å². The zero-order valence-corrected chi connectivity index (χ0v) is 73.8. The minimum atomic E-state index is -0.205. The molecule has 2 heterocycles. The van der Waals surface area contributed by atoms with Gasteiger partial charge >= 0.3 is 0 Å². The van der Waals surface area contributed by atoms with Gasteiger partial charge < -0.3 is 66.0 Å². The van der Waals surface area contributed by atoms with E-state index in [0.29, 0.717) is 165 Å². The highest BCUT2D eigenvalue weighted by Gasteiger charge is 2.22. The smallest absolute Gasteiger partial charge is 0.197 e. The second-order valence-electron chi connectivity index (χ2n) is 33.0. The molecule has 0 saturated heterocycles. The highest BCUT2D eigenvalue weighted by atomic mass is 16.5. The van der Waals surface area contributed by atoms with Gasteiger partial charge in [0.25, 0.3) is 0 Å². The Balaban J connectivity index is 0.691. The normalized spacial score (nSPS) is 11.2. The van der Waals surface area contributed by atoms with Crippen molar-refractivity contribution >= 4 is 43.6 Å². The molecular weight excluding hydrogens is 1670 g/mol. The van der Waals surface area contributed by atoms with Crippen LogP contribution in [0.15, 0.2) is 422 Å². The predicted octanol–water partition coefficient (Wildman–Crippen LogP) is 25.7. The number of nitrogens with zero attached hydrogens (tertiary/aromatic N) is 2. The van der Waals surface area contributed by atoms with Crippen LogP contribution in [0, 0.1) is 0 Å². The van der Waals surface area contributed by atoms with Crippen LogP contribution in [0.2, 0.25) is 0 Å². The molecule has 0 aliphatic rings. The summed E-state index contributed by atoms with van der Waals surface area (Å²) >= 11 is 0. The Hall–Kier alpha value is -16.7. The minimum absolute atomic E-state index is 0.108. The fourth-order valence-corrected chi connectivity index (χ4v) is 16.3. The first-order chi connectivity index (χ1) is 66.1. The van der Waals surface area contributed by atoms with Crippen molar-refractivity contribution in [3.63, 3.8) is 0 Å². The van der Waals surface area contributed by atoms with E-state index in [9.17, 15) is 0 Å². The third kappa shape index (κ3) is 22.7. The summed E-state index contributed by atoms with van der Waals surface area (Å²) in [5.41, 5.74) is 14.8. The molecule has 0 bridgehead atoms. The average Bonchev–Trinajstić information content (AvgIpc) is 0.721. The Morgan fingerprint density at radius 2 is 0.299 bits per heavy atom. The number of fused-ring (bicyclic) bond motifs is 4. The molecule has 134 heavy (non-hydrogen) atoms. The number of para-hydroxylation sites is 2. The molecule has 16 nitrogen and oxygen atoms in total. The van der Waals surface area contributed by atoms with Gasteiger partial charge in [0, 0.05) is 71.0 Å². The minimum Gasteiger partial charge on any atom is -0.489 e. The first kappa shape index (κ1) is 86.6. The summed E-state index contributed by atoms with van der Waals surface area (Å²) in [6.07, 6.45) is 0. The molecule has 0 aliphatic carbocycles. The maximum Gasteiger partial charge on any atom is 0.197 e. The van der Waals surface area contributed by atoms with Gasteiger partial charge in [-0.25, -0.2) is 0 Å². The monoisotopic (exact) mass is 1760 g/mol. The van der Waals surface area contributed by atoms with Crippen LogP contribution >= 0.6 is 0 Å². The predicted molar refractivity (Wildman–Crippen MR) is 525 cm³/mol. The maximum absolute atomic E-state index is 15.8. The fraction of sp³-hybridized carbons (Fsp3) is 0.119. The number of hydrogen-bond donors (Lipinski definition) is 0. The summed E-state index contributed by atoms with van der Waals surface area (Å²) < 4.78 is 84.0. The van der Waals surface area contributed by atoms with E-state index in [-0.39, 0.29) is 50.4 Å². The van der Waals surface area contributed by atoms with Crippen molar-refractivity contribution in [2.75, 3.05) is 0 Å². The molecule has 0 atom stereocenters. The number of ether oxygens (including phenoxy) is 12. The van der Waals surface area contributed by atoms with Crippen LogP contribution in [-0.4, -0.2) is 9.13 Å². The molecule has 0 amide bonds. The Kier molecular flexibility index (Phi) is 27.3. The Labute approximate surface area is 777 Å². The van der Waals surface area contributed by atoms with Crippen molar-refractivity contribution < 1.29 is 56.8 Å². The van der Waals surface area contributed by atoms with Crippen molar-refractivity contribution in [3.05, 3.63) is 511 Å². The molecule has 0 saturated carbocycles. The van der Waals surface area contributed by atoms with E-state index in [1.165, 1.54) is 0 Å². The lowest BCUT2D eigenvalue weighted by atomic mass is 10.0. The molecule has 0 unspecified atom stereocenters. The zero-order chi connectivity index (χ0) is 90.4. The quantitative estimate of drug-likeness (QED) is 0.0334. The van der Waals surface area contributed by atoms with Gasteiger partial charge in [-0.05, 0) is 187 Å². The summed E-state index contributed by atoms with van der Waals surface area (Å²) in [5, 5.41) is 1.76. The summed E-state index contributed by atoms with van der Waals surface area (Å²) in [7, 11) is 0. The first-order valence-corrected chi connectivity index (χ1v) is 44.8. The average molecular weight is 1770 g/mol. The second-order valence-corrected chi connectivity index (χ2v) is 33.0. The highest BCUT2D eigenvalue weighted by Crippen LogP contribution is 2.37. The molecule has 0 fully saturated rings. The van der Waals surface area contributed by atoms with Crippen LogP contribution in [0.4, 0.5) is 0 Å². The summed E-state index contributed by atoms with van der Waals surface area (Å²) in [5.74, 6) is 6.89. The summed E-state index contributed by atoms with van der Waals surface area (Å²) in [6, 6.07) is 134. The number of pyridine rings is 2.